The van der Waals surface area contributed by atoms with Crippen molar-refractivity contribution in [3.8, 4) is 5.75 Å². The van der Waals surface area contributed by atoms with Crippen LogP contribution in [0, 0.1) is 6.92 Å². The van der Waals surface area contributed by atoms with E-state index in [1.165, 1.54) is 0 Å². The van der Waals surface area contributed by atoms with Crippen LogP contribution in [-0.2, 0) is 0 Å². The van der Waals surface area contributed by atoms with Crippen LogP contribution in [0.1, 0.15) is 18.7 Å². The van der Waals surface area contributed by atoms with Gasteiger partial charge in [-0.1, -0.05) is 18.2 Å². The van der Waals surface area contributed by atoms with Crippen molar-refractivity contribution < 1.29 is 4.74 Å². The lowest BCUT2D eigenvalue weighted by atomic mass is 10.2. The standard InChI is InChI=1S/C17H19N5O/c1-13-19-17-18-10-9-16(22(17)20-13)21-11-5-6-14(21)12-23-15-7-3-2-4-8-15/h2-4,7-10,14H,5-6,11-12H2,1H3/t14-/m1/s1. The van der Waals surface area contributed by atoms with Crippen LogP contribution in [0.4, 0.5) is 5.82 Å². The number of hydrogen-bond acceptors (Lipinski definition) is 5. The Hall–Kier alpha value is -2.63. The quantitative estimate of drug-likeness (QED) is 0.741. The van der Waals surface area contributed by atoms with Gasteiger partial charge in [-0.25, -0.2) is 4.98 Å². The molecule has 6 heteroatoms. The van der Waals surface area contributed by atoms with Gasteiger partial charge in [0.05, 0.1) is 6.04 Å². The molecule has 0 bridgehead atoms. The zero-order chi connectivity index (χ0) is 15.6. The summed E-state index contributed by atoms with van der Waals surface area (Å²) in [4.78, 5) is 11.0. The second kappa shape index (κ2) is 5.87. The molecule has 0 radical (unpaired) electrons. The summed E-state index contributed by atoms with van der Waals surface area (Å²) in [5, 5.41) is 4.47. The van der Waals surface area contributed by atoms with Crippen molar-refractivity contribution in [1.82, 2.24) is 19.6 Å². The lowest BCUT2D eigenvalue weighted by Gasteiger charge is -2.26. The van der Waals surface area contributed by atoms with Crippen molar-refractivity contribution >= 4 is 11.6 Å². The maximum atomic E-state index is 5.96. The monoisotopic (exact) mass is 309 g/mol. The molecule has 0 saturated carbocycles. The predicted molar refractivity (Wildman–Crippen MR) is 87.8 cm³/mol. The van der Waals surface area contributed by atoms with Gasteiger partial charge in [-0.05, 0) is 38.0 Å². The highest BCUT2D eigenvalue weighted by Gasteiger charge is 2.27. The topological polar surface area (TPSA) is 55.5 Å². The third-order valence-electron chi connectivity index (χ3n) is 4.18. The van der Waals surface area contributed by atoms with Crippen molar-refractivity contribution in [3.63, 3.8) is 0 Å². The van der Waals surface area contributed by atoms with E-state index in [-0.39, 0.29) is 0 Å². The van der Waals surface area contributed by atoms with E-state index in [0.29, 0.717) is 18.4 Å². The fourth-order valence-corrected chi connectivity index (χ4v) is 3.12. The number of benzene rings is 1. The number of aryl methyl sites for hydroxylation is 1. The average Bonchev–Trinajstić information content (AvgIpc) is 3.18. The van der Waals surface area contributed by atoms with E-state index >= 15 is 0 Å². The van der Waals surface area contributed by atoms with Crippen LogP contribution >= 0.6 is 0 Å². The minimum atomic E-state index is 0.338. The van der Waals surface area contributed by atoms with E-state index in [2.05, 4.69) is 20.0 Å². The van der Waals surface area contributed by atoms with Gasteiger partial charge >= 0.3 is 0 Å². The van der Waals surface area contributed by atoms with Gasteiger partial charge in [-0.2, -0.15) is 9.50 Å². The van der Waals surface area contributed by atoms with E-state index in [9.17, 15) is 0 Å². The first-order valence-corrected chi connectivity index (χ1v) is 7.94. The largest absolute Gasteiger partial charge is 0.491 e. The average molecular weight is 309 g/mol. The number of rotatable bonds is 4. The van der Waals surface area contributed by atoms with E-state index in [1.807, 2.05) is 47.8 Å². The fraction of sp³-hybridized carbons (Fsp3) is 0.353. The van der Waals surface area contributed by atoms with Crippen LogP contribution < -0.4 is 9.64 Å². The number of ether oxygens (including phenoxy) is 1. The van der Waals surface area contributed by atoms with Gasteiger partial charge in [-0.15, -0.1) is 5.10 Å². The second-order valence-corrected chi connectivity index (χ2v) is 5.79. The normalized spacial score (nSPS) is 17.8. The molecule has 118 valence electrons. The molecule has 0 unspecified atom stereocenters. The van der Waals surface area contributed by atoms with Crippen molar-refractivity contribution in [3.05, 3.63) is 48.4 Å². The molecular formula is C17H19N5O. The van der Waals surface area contributed by atoms with E-state index in [4.69, 9.17) is 4.74 Å². The summed E-state index contributed by atoms with van der Waals surface area (Å²) in [6.07, 6.45) is 4.07. The molecule has 6 nitrogen and oxygen atoms in total. The van der Waals surface area contributed by atoms with E-state index in [1.54, 1.807) is 6.20 Å². The SMILES string of the molecule is Cc1nc2nccc(N3CCC[C@@H]3COc3ccccc3)n2n1. The molecular weight excluding hydrogens is 290 g/mol. The Labute approximate surface area is 134 Å². The smallest absolute Gasteiger partial charge is 0.254 e. The Bertz CT molecular complexity index is 801. The number of nitrogens with zero attached hydrogens (tertiary/aromatic N) is 5. The Morgan fingerprint density at radius 1 is 1.22 bits per heavy atom. The van der Waals surface area contributed by atoms with Crippen LogP contribution in [0.2, 0.25) is 0 Å². The Balaban J connectivity index is 1.57. The van der Waals surface area contributed by atoms with E-state index in [0.717, 1.165) is 36.8 Å². The van der Waals surface area contributed by atoms with Crippen LogP contribution in [0.3, 0.4) is 0 Å². The van der Waals surface area contributed by atoms with Gasteiger partial charge in [0.25, 0.3) is 5.78 Å². The second-order valence-electron chi connectivity index (χ2n) is 5.79. The summed E-state index contributed by atoms with van der Waals surface area (Å²) in [5.41, 5.74) is 0. The molecule has 4 rings (SSSR count). The highest BCUT2D eigenvalue weighted by atomic mass is 16.5. The molecule has 1 aliphatic heterocycles. The Morgan fingerprint density at radius 3 is 2.96 bits per heavy atom. The number of anilines is 1. The molecule has 0 N–H and O–H groups in total. The van der Waals surface area contributed by atoms with Gasteiger partial charge in [0.2, 0.25) is 0 Å². The number of hydrogen-bond donors (Lipinski definition) is 0. The zero-order valence-electron chi connectivity index (χ0n) is 13.1. The molecule has 3 aromatic rings. The minimum absolute atomic E-state index is 0.338. The molecule has 1 atom stereocenters. The molecule has 3 heterocycles. The number of fused-ring (bicyclic) bond motifs is 1. The predicted octanol–water partition coefficient (Wildman–Crippen LogP) is 2.48. The maximum absolute atomic E-state index is 5.96. The van der Waals surface area contributed by atoms with Gasteiger partial charge in [0, 0.05) is 12.7 Å². The molecule has 1 saturated heterocycles. The molecule has 1 aliphatic rings. The summed E-state index contributed by atoms with van der Waals surface area (Å²) in [5.74, 6) is 3.33. The lowest BCUT2D eigenvalue weighted by Crippen LogP contribution is -2.35. The first kappa shape index (κ1) is 14.0. The molecule has 1 aromatic carbocycles. The molecule has 1 fully saturated rings. The molecule has 0 amide bonds. The highest BCUT2D eigenvalue weighted by molar-refractivity contribution is 5.47. The van der Waals surface area contributed by atoms with Crippen LogP contribution in [0.5, 0.6) is 5.75 Å². The Kier molecular flexibility index (Phi) is 3.57. The van der Waals surface area contributed by atoms with Crippen molar-refractivity contribution in [1.29, 1.82) is 0 Å². The highest BCUT2D eigenvalue weighted by Crippen LogP contribution is 2.26. The molecule has 0 spiro atoms. The molecule has 0 aliphatic carbocycles. The summed E-state index contributed by atoms with van der Waals surface area (Å²) in [6.45, 7) is 3.56. The first-order valence-electron chi connectivity index (χ1n) is 7.94. The number of para-hydroxylation sites is 1. The lowest BCUT2D eigenvalue weighted by molar-refractivity contribution is 0.288. The maximum Gasteiger partial charge on any atom is 0.254 e. The Morgan fingerprint density at radius 2 is 2.09 bits per heavy atom. The van der Waals surface area contributed by atoms with Gasteiger partial charge in [-0.3, -0.25) is 0 Å². The molecule has 2 aromatic heterocycles. The third-order valence-corrected chi connectivity index (χ3v) is 4.18. The summed E-state index contributed by atoms with van der Waals surface area (Å²) in [6, 6.07) is 12.3. The van der Waals surface area contributed by atoms with Crippen LogP contribution in [-0.4, -0.2) is 38.8 Å². The van der Waals surface area contributed by atoms with Gasteiger partial charge in [0.15, 0.2) is 0 Å². The summed E-state index contributed by atoms with van der Waals surface area (Å²) < 4.78 is 7.79. The summed E-state index contributed by atoms with van der Waals surface area (Å²) in [7, 11) is 0. The summed E-state index contributed by atoms with van der Waals surface area (Å²) >= 11 is 0. The van der Waals surface area contributed by atoms with Crippen LogP contribution in [0.25, 0.3) is 5.78 Å². The third kappa shape index (κ3) is 2.72. The van der Waals surface area contributed by atoms with Crippen molar-refractivity contribution in [2.24, 2.45) is 0 Å². The van der Waals surface area contributed by atoms with Crippen molar-refractivity contribution in [2.45, 2.75) is 25.8 Å². The van der Waals surface area contributed by atoms with Crippen LogP contribution in [0.15, 0.2) is 42.6 Å². The fourth-order valence-electron chi connectivity index (χ4n) is 3.12. The first-order chi connectivity index (χ1) is 11.3. The van der Waals surface area contributed by atoms with E-state index < -0.39 is 0 Å². The van der Waals surface area contributed by atoms with Gasteiger partial charge in [0.1, 0.15) is 24.0 Å². The minimum Gasteiger partial charge on any atom is -0.491 e. The van der Waals surface area contributed by atoms with Crippen molar-refractivity contribution in [2.75, 3.05) is 18.1 Å². The number of aromatic nitrogens is 4. The zero-order valence-corrected chi connectivity index (χ0v) is 13.1. The van der Waals surface area contributed by atoms with Gasteiger partial charge < -0.3 is 9.64 Å². The molecule has 23 heavy (non-hydrogen) atoms.